The Morgan fingerprint density at radius 2 is 1.70 bits per heavy atom. The quantitative estimate of drug-likeness (QED) is 0.840. The largest absolute Gasteiger partial charge is 0.415 e. The zero-order chi connectivity index (χ0) is 15.7. The molecule has 1 rings (SSSR count). The molecule has 3 N–H and O–H groups in total. The van der Waals surface area contributed by atoms with Crippen LogP contribution in [0.25, 0.3) is 0 Å². The number of benzene rings is 1. The Labute approximate surface area is 114 Å². The van der Waals surface area contributed by atoms with Crippen LogP contribution in [-0.4, -0.2) is 17.6 Å². The average molecular weight is 292 g/mol. The summed E-state index contributed by atoms with van der Waals surface area (Å²) in [5.41, 5.74) is 3.26. The van der Waals surface area contributed by atoms with Crippen molar-refractivity contribution in [2.75, 3.05) is 0 Å². The SMILES string of the molecule is Cc1cc(CNC(=O)C(C)(N)C(F)(F)F)cc(C)c1F. The molecule has 3 nitrogen and oxygen atoms in total. The van der Waals surface area contributed by atoms with Gasteiger partial charge in [-0.1, -0.05) is 12.1 Å². The van der Waals surface area contributed by atoms with E-state index >= 15 is 0 Å². The van der Waals surface area contributed by atoms with E-state index in [2.05, 4.69) is 5.32 Å². The van der Waals surface area contributed by atoms with Gasteiger partial charge in [-0.15, -0.1) is 0 Å². The number of amides is 1. The Balaban J connectivity index is 2.81. The van der Waals surface area contributed by atoms with E-state index in [0.717, 1.165) is 0 Å². The fourth-order valence-corrected chi connectivity index (χ4v) is 1.63. The van der Waals surface area contributed by atoms with Crippen molar-refractivity contribution in [1.82, 2.24) is 5.32 Å². The predicted octanol–water partition coefficient (Wildman–Crippen LogP) is 2.34. The molecule has 0 radical (unpaired) electrons. The number of hydrogen-bond acceptors (Lipinski definition) is 2. The molecule has 0 bridgehead atoms. The number of rotatable bonds is 3. The number of nitrogens with two attached hydrogens (primary N) is 1. The summed E-state index contributed by atoms with van der Waals surface area (Å²) in [6.07, 6.45) is -4.84. The monoisotopic (exact) mass is 292 g/mol. The lowest BCUT2D eigenvalue weighted by Gasteiger charge is -2.26. The standard InChI is InChI=1S/C13H16F4N2O/c1-7-4-9(5-8(2)10(7)14)6-19-11(20)12(3,18)13(15,16)17/h4-5H,6,18H2,1-3H3,(H,19,20). The zero-order valence-corrected chi connectivity index (χ0v) is 11.4. The van der Waals surface area contributed by atoms with E-state index in [-0.39, 0.29) is 12.4 Å². The summed E-state index contributed by atoms with van der Waals surface area (Å²) in [6.45, 7) is 3.53. The van der Waals surface area contributed by atoms with Crippen molar-refractivity contribution >= 4 is 5.91 Å². The van der Waals surface area contributed by atoms with Crippen LogP contribution in [-0.2, 0) is 11.3 Å². The van der Waals surface area contributed by atoms with E-state index in [0.29, 0.717) is 23.6 Å². The highest BCUT2D eigenvalue weighted by Gasteiger charge is 2.53. The maximum atomic E-state index is 13.4. The van der Waals surface area contributed by atoms with Crippen LogP contribution in [0.5, 0.6) is 0 Å². The Kier molecular flexibility index (Phi) is 4.43. The van der Waals surface area contributed by atoms with E-state index in [9.17, 15) is 22.4 Å². The number of aryl methyl sites for hydroxylation is 2. The average Bonchev–Trinajstić information content (AvgIpc) is 2.31. The highest BCUT2D eigenvalue weighted by Crippen LogP contribution is 2.28. The molecule has 1 amide bonds. The third-order valence-corrected chi connectivity index (χ3v) is 3.01. The van der Waals surface area contributed by atoms with Crippen LogP contribution in [0.1, 0.15) is 23.6 Å². The molecule has 0 heterocycles. The molecule has 0 fully saturated rings. The van der Waals surface area contributed by atoms with E-state index in [1.807, 2.05) is 0 Å². The van der Waals surface area contributed by atoms with Crippen LogP contribution in [0.2, 0.25) is 0 Å². The highest BCUT2D eigenvalue weighted by atomic mass is 19.4. The number of carbonyl (C=O) groups excluding carboxylic acids is 1. The second kappa shape index (κ2) is 5.40. The molecule has 1 unspecified atom stereocenters. The van der Waals surface area contributed by atoms with Crippen molar-refractivity contribution in [2.45, 2.75) is 39.0 Å². The molecule has 1 aromatic carbocycles. The minimum atomic E-state index is -4.84. The molecule has 0 aliphatic rings. The molecule has 1 aromatic rings. The van der Waals surface area contributed by atoms with Gasteiger partial charge in [-0.2, -0.15) is 13.2 Å². The molecule has 7 heteroatoms. The third-order valence-electron chi connectivity index (χ3n) is 3.01. The first-order valence-electron chi connectivity index (χ1n) is 5.86. The second-order valence-electron chi connectivity index (χ2n) is 4.93. The van der Waals surface area contributed by atoms with Gasteiger partial charge in [0, 0.05) is 6.54 Å². The van der Waals surface area contributed by atoms with Crippen molar-refractivity contribution in [2.24, 2.45) is 5.73 Å². The fourth-order valence-electron chi connectivity index (χ4n) is 1.63. The number of hydrogen-bond donors (Lipinski definition) is 2. The normalized spacial score (nSPS) is 14.8. The van der Waals surface area contributed by atoms with Gasteiger partial charge in [-0.25, -0.2) is 4.39 Å². The first kappa shape index (κ1) is 16.4. The summed E-state index contributed by atoms with van der Waals surface area (Å²) >= 11 is 0. The van der Waals surface area contributed by atoms with Gasteiger partial charge < -0.3 is 11.1 Å². The van der Waals surface area contributed by atoms with E-state index < -0.39 is 17.6 Å². The van der Waals surface area contributed by atoms with Gasteiger partial charge in [0.25, 0.3) is 0 Å². The molecular formula is C13H16F4N2O. The summed E-state index contributed by atoms with van der Waals surface area (Å²) in [5, 5.41) is 2.11. The van der Waals surface area contributed by atoms with Gasteiger partial charge in [-0.3, -0.25) is 4.79 Å². The molecule has 0 spiro atoms. The summed E-state index contributed by atoms with van der Waals surface area (Å²) < 4.78 is 51.1. The summed E-state index contributed by atoms with van der Waals surface area (Å²) in [6, 6.07) is 2.92. The molecule has 0 saturated heterocycles. The summed E-state index contributed by atoms with van der Waals surface area (Å²) in [4.78, 5) is 11.5. The summed E-state index contributed by atoms with van der Waals surface area (Å²) in [5.74, 6) is -1.70. The Morgan fingerprint density at radius 1 is 1.25 bits per heavy atom. The third kappa shape index (κ3) is 3.27. The van der Waals surface area contributed by atoms with Crippen molar-refractivity contribution in [3.05, 3.63) is 34.6 Å². The Morgan fingerprint density at radius 3 is 2.10 bits per heavy atom. The van der Waals surface area contributed by atoms with Crippen LogP contribution in [0.3, 0.4) is 0 Å². The first-order chi connectivity index (χ1) is 8.96. The second-order valence-corrected chi connectivity index (χ2v) is 4.93. The van der Waals surface area contributed by atoms with Crippen LogP contribution in [0.4, 0.5) is 17.6 Å². The van der Waals surface area contributed by atoms with Gasteiger partial charge >= 0.3 is 6.18 Å². The van der Waals surface area contributed by atoms with Gasteiger partial charge in [0.05, 0.1) is 0 Å². The first-order valence-corrected chi connectivity index (χ1v) is 5.86. The number of nitrogens with one attached hydrogen (secondary N) is 1. The lowest BCUT2D eigenvalue weighted by atomic mass is 10.0. The predicted molar refractivity (Wildman–Crippen MR) is 66.4 cm³/mol. The maximum Gasteiger partial charge on any atom is 0.415 e. The van der Waals surface area contributed by atoms with Crippen LogP contribution < -0.4 is 11.1 Å². The van der Waals surface area contributed by atoms with Crippen LogP contribution in [0, 0.1) is 19.7 Å². The molecule has 112 valence electrons. The topological polar surface area (TPSA) is 55.1 Å². The van der Waals surface area contributed by atoms with E-state index in [1.165, 1.54) is 26.0 Å². The minimum absolute atomic E-state index is 0.149. The fraction of sp³-hybridized carbons (Fsp3) is 0.462. The van der Waals surface area contributed by atoms with Crippen molar-refractivity contribution in [3.8, 4) is 0 Å². The minimum Gasteiger partial charge on any atom is -0.350 e. The van der Waals surface area contributed by atoms with Crippen molar-refractivity contribution < 1.29 is 22.4 Å². The molecule has 20 heavy (non-hydrogen) atoms. The van der Waals surface area contributed by atoms with E-state index in [1.54, 1.807) is 0 Å². The van der Waals surface area contributed by atoms with Gasteiger partial charge in [0.2, 0.25) is 5.91 Å². The smallest absolute Gasteiger partial charge is 0.350 e. The number of halogens is 4. The van der Waals surface area contributed by atoms with E-state index in [4.69, 9.17) is 5.73 Å². The molecule has 0 aliphatic heterocycles. The van der Waals surface area contributed by atoms with Gasteiger partial charge in [0.15, 0.2) is 5.54 Å². The zero-order valence-electron chi connectivity index (χ0n) is 11.4. The molecule has 0 aliphatic carbocycles. The lowest BCUT2D eigenvalue weighted by molar-refractivity contribution is -0.187. The van der Waals surface area contributed by atoms with Gasteiger partial charge in [0.1, 0.15) is 5.82 Å². The van der Waals surface area contributed by atoms with Crippen LogP contribution >= 0.6 is 0 Å². The number of carbonyl (C=O) groups is 1. The van der Waals surface area contributed by atoms with Gasteiger partial charge in [-0.05, 0) is 37.5 Å². The molecular weight excluding hydrogens is 276 g/mol. The highest BCUT2D eigenvalue weighted by molar-refractivity contribution is 5.86. The van der Waals surface area contributed by atoms with Crippen LogP contribution in [0.15, 0.2) is 12.1 Å². The molecule has 0 aromatic heterocycles. The molecule has 1 atom stereocenters. The van der Waals surface area contributed by atoms with Crippen molar-refractivity contribution in [1.29, 1.82) is 0 Å². The lowest BCUT2D eigenvalue weighted by Crippen LogP contribution is -2.61. The Hall–Kier alpha value is -1.63. The number of alkyl halides is 3. The summed E-state index contributed by atoms with van der Waals surface area (Å²) in [7, 11) is 0. The maximum absolute atomic E-state index is 13.4. The van der Waals surface area contributed by atoms with Crippen molar-refractivity contribution in [3.63, 3.8) is 0 Å². The molecule has 0 saturated carbocycles. The Bertz CT molecular complexity index is 501.